The Kier molecular flexibility index (Phi) is 5.51. The zero-order chi connectivity index (χ0) is 13.9. The SMILES string of the molecule is CC(C(N)=S)N(C)CC1CCCN(S(C)(=O)=O)C1. The highest BCUT2D eigenvalue weighted by Gasteiger charge is 2.27. The molecule has 0 aromatic carbocycles. The van der Waals surface area contributed by atoms with Gasteiger partial charge in [-0.05, 0) is 32.7 Å². The molecule has 0 bridgehead atoms. The van der Waals surface area contributed by atoms with Crippen LogP contribution in [0.5, 0.6) is 0 Å². The summed E-state index contributed by atoms with van der Waals surface area (Å²) in [4.78, 5) is 2.58. The summed E-state index contributed by atoms with van der Waals surface area (Å²) in [6.45, 7) is 4.04. The van der Waals surface area contributed by atoms with E-state index in [2.05, 4.69) is 4.90 Å². The first-order chi connectivity index (χ1) is 8.21. The molecule has 0 spiro atoms. The second-order valence-electron chi connectivity index (χ2n) is 5.15. The second-order valence-corrected chi connectivity index (χ2v) is 7.60. The third-order valence-corrected chi connectivity index (χ3v) is 5.18. The van der Waals surface area contributed by atoms with Crippen LogP contribution in [0, 0.1) is 5.92 Å². The molecule has 2 atom stereocenters. The maximum atomic E-state index is 11.5. The van der Waals surface area contributed by atoms with Crippen LogP contribution >= 0.6 is 12.2 Å². The van der Waals surface area contributed by atoms with Crippen LogP contribution < -0.4 is 5.73 Å². The highest BCUT2D eigenvalue weighted by molar-refractivity contribution is 7.88. The van der Waals surface area contributed by atoms with Crippen molar-refractivity contribution in [2.75, 3.05) is 32.9 Å². The van der Waals surface area contributed by atoms with Gasteiger partial charge in [0.1, 0.15) is 0 Å². The third-order valence-electron chi connectivity index (χ3n) is 3.57. The molecule has 1 saturated heterocycles. The summed E-state index contributed by atoms with van der Waals surface area (Å²) < 4.78 is 24.6. The van der Waals surface area contributed by atoms with E-state index in [9.17, 15) is 8.42 Å². The molecule has 1 aliphatic rings. The lowest BCUT2D eigenvalue weighted by molar-refractivity contribution is 0.192. The fourth-order valence-electron chi connectivity index (χ4n) is 2.26. The van der Waals surface area contributed by atoms with Gasteiger partial charge in [-0.3, -0.25) is 4.90 Å². The summed E-state index contributed by atoms with van der Waals surface area (Å²) in [6.07, 6.45) is 3.25. The van der Waals surface area contributed by atoms with E-state index in [0.717, 1.165) is 19.4 Å². The summed E-state index contributed by atoms with van der Waals surface area (Å²) in [5.41, 5.74) is 5.62. The van der Waals surface area contributed by atoms with Crippen molar-refractivity contribution in [2.24, 2.45) is 11.7 Å². The van der Waals surface area contributed by atoms with E-state index in [1.807, 2.05) is 14.0 Å². The largest absolute Gasteiger partial charge is 0.392 e. The molecule has 2 unspecified atom stereocenters. The van der Waals surface area contributed by atoms with Gasteiger partial charge in [-0.2, -0.15) is 0 Å². The number of sulfonamides is 1. The van der Waals surface area contributed by atoms with Crippen molar-refractivity contribution in [3.63, 3.8) is 0 Å². The summed E-state index contributed by atoms with van der Waals surface area (Å²) in [7, 11) is -1.09. The molecule has 0 radical (unpaired) electrons. The van der Waals surface area contributed by atoms with Crippen molar-refractivity contribution in [3.05, 3.63) is 0 Å². The van der Waals surface area contributed by atoms with Crippen LogP contribution in [0.2, 0.25) is 0 Å². The van der Waals surface area contributed by atoms with Crippen molar-refractivity contribution < 1.29 is 8.42 Å². The van der Waals surface area contributed by atoms with Crippen LogP contribution in [0.25, 0.3) is 0 Å². The van der Waals surface area contributed by atoms with Gasteiger partial charge in [0.2, 0.25) is 10.0 Å². The van der Waals surface area contributed by atoms with Gasteiger partial charge in [0.05, 0.1) is 17.3 Å². The van der Waals surface area contributed by atoms with Crippen molar-refractivity contribution in [1.82, 2.24) is 9.21 Å². The number of nitrogens with two attached hydrogens (primary N) is 1. The molecule has 0 aliphatic carbocycles. The first-order valence-corrected chi connectivity index (χ1v) is 8.42. The van der Waals surface area contributed by atoms with Crippen molar-refractivity contribution in [1.29, 1.82) is 0 Å². The zero-order valence-corrected chi connectivity index (χ0v) is 12.9. The molecule has 0 aromatic rings. The van der Waals surface area contributed by atoms with E-state index >= 15 is 0 Å². The maximum absolute atomic E-state index is 11.5. The molecule has 0 saturated carbocycles. The summed E-state index contributed by atoms with van der Waals surface area (Å²) in [5, 5.41) is 0. The molecule has 1 aliphatic heterocycles. The quantitative estimate of drug-likeness (QED) is 0.737. The monoisotopic (exact) mass is 293 g/mol. The Hall–Kier alpha value is -0.240. The molecule has 1 heterocycles. The molecule has 18 heavy (non-hydrogen) atoms. The average molecular weight is 293 g/mol. The Morgan fingerprint density at radius 1 is 1.61 bits per heavy atom. The van der Waals surface area contributed by atoms with Gasteiger partial charge in [-0.1, -0.05) is 12.2 Å². The lowest BCUT2D eigenvalue weighted by atomic mass is 9.98. The Morgan fingerprint density at radius 2 is 2.22 bits per heavy atom. The predicted octanol–water partition coefficient (Wildman–Crippen LogP) is 0.264. The number of likely N-dealkylation sites (N-methyl/N-ethyl adjacent to an activating group) is 1. The minimum absolute atomic E-state index is 0.0496. The van der Waals surface area contributed by atoms with E-state index in [1.54, 1.807) is 4.31 Å². The fraction of sp³-hybridized carbons (Fsp3) is 0.909. The molecule has 1 rings (SSSR count). The van der Waals surface area contributed by atoms with Crippen LogP contribution in [0.1, 0.15) is 19.8 Å². The molecule has 7 heteroatoms. The van der Waals surface area contributed by atoms with Crippen molar-refractivity contribution >= 4 is 27.2 Å². The number of hydrogen-bond donors (Lipinski definition) is 1. The van der Waals surface area contributed by atoms with Gasteiger partial charge in [0.15, 0.2) is 0 Å². The number of hydrogen-bond acceptors (Lipinski definition) is 4. The second kappa shape index (κ2) is 6.27. The minimum Gasteiger partial charge on any atom is -0.392 e. The normalized spacial score (nSPS) is 24.1. The van der Waals surface area contributed by atoms with E-state index in [0.29, 0.717) is 24.0 Å². The molecule has 106 valence electrons. The van der Waals surface area contributed by atoms with Crippen LogP contribution in [0.15, 0.2) is 0 Å². The number of thiocarbonyl (C=S) groups is 1. The Bertz CT molecular complexity index is 397. The Morgan fingerprint density at radius 3 is 2.72 bits per heavy atom. The molecule has 0 aromatic heterocycles. The standard InChI is InChI=1S/C11H23N3O2S2/c1-9(11(12)17)13(2)7-10-5-4-6-14(8-10)18(3,15)16/h9-10H,4-8H2,1-3H3,(H2,12,17). The van der Waals surface area contributed by atoms with Gasteiger partial charge in [-0.25, -0.2) is 12.7 Å². The van der Waals surface area contributed by atoms with Gasteiger partial charge >= 0.3 is 0 Å². The molecular weight excluding hydrogens is 270 g/mol. The molecule has 1 fully saturated rings. The van der Waals surface area contributed by atoms with E-state index in [1.165, 1.54) is 6.26 Å². The average Bonchev–Trinajstić information content (AvgIpc) is 2.27. The van der Waals surface area contributed by atoms with Gasteiger partial charge in [0, 0.05) is 19.6 Å². The van der Waals surface area contributed by atoms with Gasteiger partial charge < -0.3 is 5.73 Å². The van der Waals surface area contributed by atoms with Crippen LogP contribution in [-0.2, 0) is 10.0 Å². The molecular formula is C11H23N3O2S2. The number of rotatable bonds is 5. The fourth-order valence-corrected chi connectivity index (χ4v) is 3.38. The smallest absolute Gasteiger partial charge is 0.211 e. The van der Waals surface area contributed by atoms with Gasteiger partial charge in [-0.15, -0.1) is 0 Å². The van der Waals surface area contributed by atoms with E-state index in [4.69, 9.17) is 18.0 Å². The van der Waals surface area contributed by atoms with Crippen LogP contribution in [-0.4, -0.2) is 61.6 Å². The zero-order valence-electron chi connectivity index (χ0n) is 11.3. The molecule has 2 N–H and O–H groups in total. The van der Waals surface area contributed by atoms with E-state index in [-0.39, 0.29) is 6.04 Å². The Labute approximate surface area is 115 Å². The lowest BCUT2D eigenvalue weighted by Gasteiger charge is -2.34. The van der Waals surface area contributed by atoms with Crippen LogP contribution in [0.3, 0.4) is 0 Å². The topological polar surface area (TPSA) is 66.6 Å². The highest BCUT2D eigenvalue weighted by Crippen LogP contribution is 2.19. The third kappa shape index (κ3) is 4.46. The first-order valence-electron chi connectivity index (χ1n) is 6.16. The Balaban J connectivity index is 2.55. The molecule has 5 nitrogen and oxygen atoms in total. The number of piperidine rings is 1. The van der Waals surface area contributed by atoms with Crippen molar-refractivity contribution in [2.45, 2.75) is 25.8 Å². The maximum Gasteiger partial charge on any atom is 0.211 e. The summed E-state index contributed by atoms with van der Waals surface area (Å²) >= 11 is 4.97. The first kappa shape index (κ1) is 15.8. The van der Waals surface area contributed by atoms with Crippen LogP contribution in [0.4, 0.5) is 0 Å². The molecule has 0 amide bonds. The highest BCUT2D eigenvalue weighted by atomic mass is 32.2. The predicted molar refractivity (Wildman–Crippen MR) is 78.0 cm³/mol. The minimum atomic E-state index is -3.07. The van der Waals surface area contributed by atoms with Gasteiger partial charge in [0.25, 0.3) is 0 Å². The summed E-state index contributed by atoms with van der Waals surface area (Å²) in [5.74, 6) is 0.357. The van der Waals surface area contributed by atoms with Crippen molar-refractivity contribution in [3.8, 4) is 0 Å². The summed E-state index contributed by atoms with van der Waals surface area (Å²) in [6, 6.07) is 0.0496. The van der Waals surface area contributed by atoms with E-state index < -0.39 is 10.0 Å². The number of nitrogens with zero attached hydrogens (tertiary/aromatic N) is 2. The lowest BCUT2D eigenvalue weighted by Crippen LogP contribution is -2.46.